The van der Waals surface area contributed by atoms with Crippen LogP contribution in [0.25, 0.3) is 0 Å². The Bertz CT molecular complexity index is 238. The molecule has 1 unspecified atom stereocenters. The molecular weight excluding hydrogens is 296 g/mol. The summed E-state index contributed by atoms with van der Waals surface area (Å²) < 4.78 is 0. The molecule has 4 nitrogen and oxygen atoms in total. The molecule has 0 aromatic rings. The van der Waals surface area contributed by atoms with Crippen LogP contribution in [0, 0.1) is 0 Å². The van der Waals surface area contributed by atoms with Crippen LogP contribution < -0.4 is 21.5 Å². The second-order valence-electron chi connectivity index (χ2n) is 7.40. The van der Waals surface area contributed by atoms with Crippen molar-refractivity contribution in [2.24, 2.45) is 0 Å². The summed E-state index contributed by atoms with van der Waals surface area (Å²) in [7, 11) is 0. The Hall–Kier alpha value is -0.160. The highest BCUT2D eigenvalue weighted by molar-refractivity contribution is 4.70. The summed E-state index contributed by atoms with van der Waals surface area (Å²) in [5.41, 5.74) is 6.82. The monoisotopic (exact) mass is 340 g/mol. The topological polar surface area (TPSA) is 48.1 Å². The lowest BCUT2D eigenvalue weighted by Crippen LogP contribution is -2.50. The van der Waals surface area contributed by atoms with Gasteiger partial charge in [-0.2, -0.15) is 0 Å². The molecule has 4 N–H and O–H groups in total. The summed E-state index contributed by atoms with van der Waals surface area (Å²) in [5.74, 6) is 0. The van der Waals surface area contributed by atoms with E-state index in [1.165, 1.54) is 83.5 Å². The first-order chi connectivity index (χ1) is 11.9. The van der Waals surface area contributed by atoms with Gasteiger partial charge in [0.05, 0.1) is 0 Å². The highest BCUT2D eigenvalue weighted by atomic mass is 15.4. The first-order valence-corrected chi connectivity index (χ1v) is 10.8. The van der Waals surface area contributed by atoms with Gasteiger partial charge in [0.15, 0.2) is 0 Å². The van der Waals surface area contributed by atoms with Crippen LogP contribution in [0.5, 0.6) is 0 Å². The lowest BCUT2D eigenvalue weighted by atomic mass is 10.0. The Morgan fingerprint density at radius 3 is 1.83 bits per heavy atom. The van der Waals surface area contributed by atoms with E-state index >= 15 is 0 Å². The molecule has 0 bridgehead atoms. The lowest BCUT2D eigenvalue weighted by molar-refractivity contribution is 0.365. The molecule has 0 aromatic heterocycles. The van der Waals surface area contributed by atoms with Crippen molar-refractivity contribution in [1.82, 2.24) is 21.5 Å². The van der Waals surface area contributed by atoms with E-state index < -0.39 is 0 Å². The first-order valence-electron chi connectivity index (χ1n) is 10.8. The van der Waals surface area contributed by atoms with Crippen LogP contribution in [0.3, 0.4) is 0 Å². The minimum absolute atomic E-state index is 0.575. The van der Waals surface area contributed by atoms with Gasteiger partial charge in [-0.25, -0.2) is 0 Å². The van der Waals surface area contributed by atoms with Gasteiger partial charge in [-0.1, -0.05) is 84.0 Å². The van der Waals surface area contributed by atoms with Crippen molar-refractivity contribution in [1.29, 1.82) is 0 Å². The van der Waals surface area contributed by atoms with E-state index in [0.717, 1.165) is 32.7 Å². The van der Waals surface area contributed by atoms with Crippen molar-refractivity contribution in [2.75, 3.05) is 32.7 Å². The van der Waals surface area contributed by atoms with Crippen LogP contribution in [0.4, 0.5) is 0 Å². The molecule has 1 aliphatic rings. The Labute approximate surface area is 151 Å². The summed E-state index contributed by atoms with van der Waals surface area (Å²) in [4.78, 5) is 0. The molecule has 1 rings (SSSR count). The molecule has 0 aliphatic carbocycles. The van der Waals surface area contributed by atoms with Crippen LogP contribution >= 0.6 is 0 Å². The van der Waals surface area contributed by atoms with Crippen molar-refractivity contribution < 1.29 is 0 Å². The molecule has 144 valence electrons. The van der Waals surface area contributed by atoms with E-state index in [1.54, 1.807) is 0 Å². The highest BCUT2D eigenvalue weighted by Gasteiger charge is 2.08. The van der Waals surface area contributed by atoms with E-state index in [4.69, 9.17) is 0 Å². The highest BCUT2D eigenvalue weighted by Crippen LogP contribution is 2.12. The van der Waals surface area contributed by atoms with E-state index in [1.807, 2.05) is 0 Å². The molecular formula is C20H44N4. The Morgan fingerprint density at radius 2 is 1.17 bits per heavy atom. The summed E-state index contributed by atoms with van der Waals surface area (Å²) in [6.07, 6.45) is 18.4. The maximum absolute atomic E-state index is 3.53. The van der Waals surface area contributed by atoms with Gasteiger partial charge in [-0.3, -0.25) is 10.9 Å². The predicted octanol–water partition coefficient (Wildman–Crippen LogP) is 3.73. The van der Waals surface area contributed by atoms with Gasteiger partial charge in [0.25, 0.3) is 0 Å². The number of unbranched alkanes of at least 4 members (excludes halogenated alkanes) is 11. The molecule has 4 heteroatoms. The smallest absolute Gasteiger partial charge is 0.0337 e. The minimum atomic E-state index is 0.575. The zero-order chi connectivity index (χ0) is 17.1. The van der Waals surface area contributed by atoms with E-state index in [9.17, 15) is 0 Å². The second-order valence-corrected chi connectivity index (χ2v) is 7.40. The third kappa shape index (κ3) is 14.2. The second kappa shape index (κ2) is 17.7. The van der Waals surface area contributed by atoms with Gasteiger partial charge in [0, 0.05) is 38.8 Å². The van der Waals surface area contributed by atoms with Gasteiger partial charge < -0.3 is 10.6 Å². The SMILES string of the molecule is CCCCCCCCCCCCCCC1CNCCNCCNN1. The average molecular weight is 341 g/mol. The van der Waals surface area contributed by atoms with Gasteiger partial charge in [0.2, 0.25) is 0 Å². The number of hydrogen-bond acceptors (Lipinski definition) is 4. The summed E-state index contributed by atoms with van der Waals surface area (Å²) in [5, 5.41) is 6.93. The fourth-order valence-corrected chi connectivity index (χ4v) is 3.40. The standard InChI is InChI=1S/C20H44N4/c1-2-3-4-5-6-7-8-9-10-11-12-13-14-20-19-22-16-15-21-17-18-23-24-20/h20-24H,2-19H2,1H3. The number of nitrogens with one attached hydrogen (secondary N) is 4. The van der Waals surface area contributed by atoms with Crippen LogP contribution in [0.1, 0.15) is 90.4 Å². The fourth-order valence-electron chi connectivity index (χ4n) is 3.40. The average Bonchev–Trinajstić information content (AvgIpc) is 2.61. The number of rotatable bonds is 13. The van der Waals surface area contributed by atoms with E-state index in [0.29, 0.717) is 6.04 Å². The molecule has 1 heterocycles. The Balaban J connectivity index is 1.84. The molecule has 1 saturated heterocycles. The van der Waals surface area contributed by atoms with Gasteiger partial charge in [0.1, 0.15) is 0 Å². The molecule has 0 amide bonds. The van der Waals surface area contributed by atoms with Crippen molar-refractivity contribution in [2.45, 2.75) is 96.4 Å². The van der Waals surface area contributed by atoms with Crippen molar-refractivity contribution >= 4 is 0 Å². The molecule has 0 spiro atoms. The van der Waals surface area contributed by atoms with Gasteiger partial charge in [-0.15, -0.1) is 0 Å². The fraction of sp³-hybridized carbons (Fsp3) is 1.00. The minimum Gasteiger partial charge on any atom is -0.314 e. The van der Waals surface area contributed by atoms with E-state index in [-0.39, 0.29) is 0 Å². The Morgan fingerprint density at radius 1 is 0.625 bits per heavy atom. The summed E-state index contributed by atoms with van der Waals surface area (Å²) >= 11 is 0. The molecule has 0 saturated carbocycles. The van der Waals surface area contributed by atoms with Crippen LogP contribution in [-0.4, -0.2) is 38.8 Å². The largest absolute Gasteiger partial charge is 0.314 e. The quantitative estimate of drug-likeness (QED) is 0.386. The first kappa shape index (κ1) is 21.9. The molecule has 1 fully saturated rings. The molecule has 0 radical (unpaired) electrons. The maximum atomic E-state index is 3.53. The van der Waals surface area contributed by atoms with E-state index in [2.05, 4.69) is 28.4 Å². The van der Waals surface area contributed by atoms with Crippen LogP contribution in [0.15, 0.2) is 0 Å². The van der Waals surface area contributed by atoms with Crippen molar-refractivity contribution in [3.63, 3.8) is 0 Å². The zero-order valence-corrected chi connectivity index (χ0v) is 16.3. The number of hydrogen-bond donors (Lipinski definition) is 4. The van der Waals surface area contributed by atoms with Crippen molar-refractivity contribution in [3.05, 3.63) is 0 Å². The molecule has 1 aliphatic heterocycles. The number of hydrazine groups is 1. The van der Waals surface area contributed by atoms with Gasteiger partial charge in [-0.05, 0) is 6.42 Å². The van der Waals surface area contributed by atoms with Gasteiger partial charge >= 0.3 is 0 Å². The van der Waals surface area contributed by atoms with Crippen LogP contribution in [-0.2, 0) is 0 Å². The normalized spacial score (nSPS) is 20.1. The summed E-state index contributed by atoms with van der Waals surface area (Å²) in [6, 6.07) is 0.575. The third-order valence-electron chi connectivity index (χ3n) is 5.01. The van der Waals surface area contributed by atoms with Crippen LogP contribution in [0.2, 0.25) is 0 Å². The Kier molecular flexibility index (Phi) is 16.1. The summed E-state index contributed by atoms with van der Waals surface area (Å²) in [6.45, 7) is 7.58. The maximum Gasteiger partial charge on any atom is 0.0337 e. The third-order valence-corrected chi connectivity index (χ3v) is 5.01. The molecule has 1 atom stereocenters. The molecule has 0 aromatic carbocycles. The molecule has 24 heavy (non-hydrogen) atoms. The lowest BCUT2D eigenvalue weighted by Gasteiger charge is -2.22. The zero-order valence-electron chi connectivity index (χ0n) is 16.3. The predicted molar refractivity (Wildman–Crippen MR) is 106 cm³/mol. The van der Waals surface area contributed by atoms with Crippen molar-refractivity contribution in [3.8, 4) is 0 Å².